The predicted molar refractivity (Wildman–Crippen MR) is 99.6 cm³/mol. The molecule has 1 aliphatic carbocycles. The van der Waals surface area contributed by atoms with Gasteiger partial charge in [0.25, 0.3) is 5.91 Å². The third-order valence-corrected chi connectivity index (χ3v) is 7.28. The molecule has 1 aliphatic heterocycles. The van der Waals surface area contributed by atoms with Gasteiger partial charge >= 0.3 is 0 Å². The average Bonchev–Trinajstić information content (AvgIpc) is 3.20. The topological polar surface area (TPSA) is 75.7 Å². The first-order chi connectivity index (χ1) is 12.5. The van der Waals surface area contributed by atoms with Crippen LogP contribution < -0.4 is 5.32 Å². The zero-order valence-electron chi connectivity index (χ0n) is 15.3. The molecule has 0 spiro atoms. The Bertz CT molecular complexity index is 723. The minimum Gasteiger partial charge on any atom is -0.376 e. The second-order valence-corrected chi connectivity index (χ2v) is 9.18. The summed E-state index contributed by atoms with van der Waals surface area (Å²) in [6, 6.07) is 6.35. The van der Waals surface area contributed by atoms with Gasteiger partial charge in [-0.05, 0) is 43.9 Å². The van der Waals surface area contributed by atoms with Crippen LogP contribution in [0.15, 0.2) is 29.2 Å². The Morgan fingerprint density at radius 1 is 1.19 bits per heavy atom. The molecule has 1 aromatic carbocycles. The zero-order valence-corrected chi connectivity index (χ0v) is 16.1. The van der Waals surface area contributed by atoms with Gasteiger partial charge in [-0.1, -0.05) is 25.3 Å². The van der Waals surface area contributed by atoms with Crippen LogP contribution in [-0.4, -0.2) is 51.0 Å². The lowest BCUT2D eigenvalue weighted by Crippen LogP contribution is -2.38. The van der Waals surface area contributed by atoms with Crippen molar-refractivity contribution < 1.29 is 17.9 Å². The summed E-state index contributed by atoms with van der Waals surface area (Å²) in [6.07, 6.45) is 7.12. The molecule has 2 fully saturated rings. The minimum absolute atomic E-state index is 0.0470. The normalized spacial score (nSPS) is 21.8. The maximum atomic E-state index is 12.9. The van der Waals surface area contributed by atoms with Gasteiger partial charge in [0.05, 0.1) is 11.0 Å². The fraction of sp³-hybridized carbons (Fsp3) is 0.632. The molecule has 7 heteroatoms. The maximum Gasteiger partial charge on any atom is 0.251 e. The standard InChI is InChI=1S/C19H28N2O4S/c1-21(16-8-3-2-4-9-16)26(23,24)18-11-5-7-15(13-18)19(22)20-14-17-10-6-12-25-17/h5,7,11,13,16-17H,2-4,6,8-10,12,14H2,1H3,(H,20,22). The first-order valence-corrected chi connectivity index (χ1v) is 10.9. The molecule has 0 bridgehead atoms. The Kier molecular flexibility index (Phi) is 6.32. The van der Waals surface area contributed by atoms with Crippen molar-refractivity contribution in [1.29, 1.82) is 0 Å². The molecule has 1 N–H and O–H groups in total. The van der Waals surface area contributed by atoms with Crippen molar-refractivity contribution in [2.75, 3.05) is 20.2 Å². The number of hydrogen-bond acceptors (Lipinski definition) is 4. The number of amides is 1. The Morgan fingerprint density at radius 2 is 1.96 bits per heavy atom. The summed E-state index contributed by atoms with van der Waals surface area (Å²) in [7, 11) is -1.95. The number of nitrogens with one attached hydrogen (secondary N) is 1. The number of carbonyl (C=O) groups excluding carboxylic acids is 1. The summed E-state index contributed by atoms with van der Waals surface area (Å²) in [5, 5.41) is 2.84. The van der Waals surface area contributed by atoms with Gasteiger partial charge in [0, 0.05) is 31.8 Å². The van der Waals surface area contributed by atoms with E-state index in [1.807, 2.05) is 0 Å². The van der Waals surface area contributed by atoms with E-state index >= 15 is 0 Å². The Labute approximate surface area is 156 Å². The largest absolute Gasteiger partial charge is 0.376 e. The third-order valence-electron chi connectivity index (χ3n) is 5.38. The van der Waals surface area contributed by atoms with Gasteiger partial charge in [0.1, 0.15) is 0 Å². The number of benzene rings is 1. The molecule has 1 amide bonds. The number of sulfonamides is 1. The van der Waals surface area contributed by atoms with Crippen LogP contribution >= 0.6 is 0 Å². The smallest absolute Gasteiger partial charge is 0.251 e. The average molecular weight is 381 g/mol. The number of carbonyl (C=O) groups is 1. The number of hydrogen-bond donors (Lipinski definition) is 1. The van der Waals surface area contributed by atoms with Crippen molar-refractivity contribution in [3.63, 3.8) is 0 Å². The Morgan fingerprint density at radius 3 is 2.65 bits per heavy atom. The van der Waals surface area contributed by atoms with Gasteiger partial charge in [-0.3, -0.25) is 4.79 Å². The van der Waals surface area contributed by atoms with Crippen LogP contribution in [0.25, 0.3) is 0 Å². The van der Waals surface area contributed by atoms with Crippen molar-refractivity contribution in [2.45, 2.75) is 62.0 Å². The van der Waals surface area contributed by atoms with Crippen LogP contribution in [-0.2, 0) is 14.8 Å². The number of rotatable bonds is 6. The van der Waals surface area contributed by atoms with Gasteiger partial charge in [0.15, 0.2) is 0 Å². The molecule has 1 aromatic rings. The molecule has 144 valence electrons. The summed E-state index contributed by atoms with van der Waals surface area (Å²) in [5.41, 5.74) is 0.362. The van der Waals surface area contributed by atoms with Gasteiger partial charge in [-0.2, -0.15) is 4.31 Å². The lowest BCUT2D eigenvalue weighted by atomic mass is 9.96. The van der Waals surface area contributed by atoms with E-state index in [4.69, 9.17) is 4.74 Å². The molecule has 1 saturated carbocycles. The number of ether oxygens (including phenoxy) is 1. The zero-order chi connectivity index (χ0) is 18.6. The van der Waals surface area contributed by atoms with Crippen LogP contribution in [0.3, 0.4) is 0 Å². The molecule has 1 atom stereocenters. The monoisotopic (exact) mass is 380 g/mol. The molecular formula is C19H28N2O4S. The molecule has 2 aliphatic rings. The van der Waals surface area contributed by atoms with Crippen LogP contribution in [0.2, 0.25) is 0 Å². The molecule has 1 saturated heterocycles. The second kappa shape index (κ2) is 8.50. The molecule has 0 radical (unpaired) electrons. The van der Waals surface area contributed by atoms with E-state index in [9.17, 15) is 13.2 Å². The van der Waals surface area contributed by atoms with Crippen molar-refractivity contribution in [1.82, 2.24) is 9.62 Å². The van der Waals surface area contributed by atoms with Gasteiger partial charge in [-0.15, -0.1) is 0 Å². The Balaban J connectivity index is 1.69. The van der Waals surface area contributed by atoms with Gasteiger partial charge < -0.3 is 10.1 Å². The molecule has 3 rings (SSSR count). The van der Waals surface area contributed by atoms with E-state index < -0.39 is 10.0 Å². The van der Waals surface area contributed by atoms with Crippen molar-refractivity contribution in [3.8, 4) is 0 Å². The maximum absolute atomic E-state index is 12.9. The van der Waals surface area contributed by atoms with E-state index in [0.717, 1.165) is 45.1 Å². The van der Waals surface area contributed by atoms with E-state index in [0.29, 0.717) is 12.1 Å². The van der Waals surface area contributed by atoms with E-state index in [2.05, 4.69) is 5.32 Å². The molecule has 0 aromatic heterocycles. The van der Waals surface area contributed by atoms with Crippen LogP contribution in [0.1, 0.15) is 55.3 Å². The van der Waals surface area contributed by atoms with Crippen LogP contribution in [0.4, 0.5) is 0 Å². The molecule has 6 nitrogen and oxygen atoms in total. The highest BCUT2D eigenvalue weighted by molar-refractivity contribution is 7.89. The van der Waals surface area contributed by atoms with Crippen molar-refractivity contribution >= 4 is 15.9 Å². The summed E-state index contributed by atoms with van der Waals surface area (Å²) in [5.74, 6) is -0.266. The van der Waals surface area contributed by atoms with Crippen LogP contribution in [0.5, 0.6) is 0 Å². The van der Waals surface area contributed by atoms with Gasteiger partial charge in [0.2, 0.25) is 10.0 Å². The highest BCUT2D eigenvalue weighted by atomic mass is 32.2. The quantitative estimate of drug-likeness (QED) is 0.823. The predicted octanol–water partition coefficient (Wildman–Crippen LogP) is 2.55. The highest BCUT2D eigenvalue weighted by Gasteiger charge is 2.29. The summed E-state index contributed by atoms with van der Waals surface area (Å²) < 4.78 is 32.9. The van der Waals surface area contributed by atoms with E-state index in [1.54, 1.807) is 25.2 Å². The highest BCUT2D eigenvalue weighted by Crippen LogP contribution is 2.26. The molecule has 1 unspecified atom stereocenters. The first kappa shape index (κ1) is 19.3. The molecular weight excluding hydrogens is 352 g/mol. The number of nitrogens with zero attached hydrogens (tertiary/aromatic N) is 1. The first-order valence-electron chi connectivity index (χ1n) is 9.46. The summed E-state index contributed by atoms with van der Waals surface area (Å²) in [4.78, 5) is 12.6. The third kappa shape index (κ3) is 4.45. The lowest BCUT2D eigenvalue weighted by molar-refractivity contribution is 0.0857. The lowest BCUT2D eigenvalue weighted by Gasteiger charge is -2.30. The van der Waals surface area contributed by atoms with Crippen LogP contribution in [0, 0.1) is 0 Å². The SMILES string of the molecule is CN(C1CCCCC1)S(=O)(=O)c1cccc(C(=O)NCC2CCCO2)c1. The van der Waals surface area contributed by atoms with Crippen molar-refractivity contribution in [2.24, 2.45) is 0 Å². The minimum atomic E-state index is -3.60. The molecule has 1 heterocycles. The summed E-state index contributed by atoms with van der Waals surface area (Å²) in [6.45, 7) is 1.19. The Hall–Kier alpha value is -1.44. The van der Waals surface area contributed by atoms with E-state index in [-0.39, 0.29) is 22.9 Å². The summed E-state index contributed by atoms with van der Waals surface area (Å²) >= 11 is 0. The van der Waals surface area contributed by atoms with Crippen molar-refractivity contribution in [3.05, 3.63) is 29.8 Å². The fourth-order valence-electron chi connectivity index (χ4n) is 3.72. The molecule has 26 heavy (non-hydrogen) atoms. The fourth-order valence-corrected chi connectivity index (χ4v) is 5.18. The van der Waals surface area contributed by atoms with Gasteiger partial charge in [-0.25, -0.2) is 8.42 Å². The second-order valence-electron chi connectivity index (χ2n) is 7.19. The van der Waals surface area contributed by atoms with E-state index in [1.165, 1.54) is 16.8 Å².